The maximum absolute atomic E-state index is 6.18. The van der Waals surface area contributed by atoms with E-state index in [0.717, 1.165) is 33.5 Å². The van der Waals surface area contributed by atoms with Crippen LogP contribution >= 0.6 is 0 Å². The Bertz CT molecular complexity index is 1110. The van der Waals surface area contributed by atoms with Gasteiger partial charge in [0.15, 0.2) is 0 Å². The number of H-pyrrole nitrogens is 2. The Morgan fingerprint density at radius 3 is 2.96 bits per heavy atom. The van der Waals surface area contributed by atoms with Gasteiger partial charge in [0.2, 0.25) is 5.95 Å². The second kappa shape index (κ2) is 6.08. The summed E-state index contributed by atoms with van der Waals surface area (Å²) in [6.07, 6.45) is 7.85. The standard InChI is InChI=1S/C19H20N8/c1-10(17-12-4-6-21-14(12)5-7-22-17)24-19-23-9-13(18(20)25-19)16-8-15(26-27-16)11-2-3-11/h4-11,21H,2-3H2,1H3,(H,26,27)(H3,20,23,24,25). The summed E-state index contributed by atoms with van der Waals surface area (Å²) < 4.78 is 0. The summed E-state index contributed by atoms with van der Waals surface area (Å²) >= 11 is 0. The Hall–Kier alpha value is -3.42. The first-order chi connectivity index (χ1) is 13.2. The van der Waals surface area contributed by atoms with Crippen molar-refractivity contribution in [3.63, 3.8) is 0 Å². The van der Waals surface area contributed by atoms with E-state index in [9.17, 15) is 0 Å². The van der Waals surface area contributed by atoms with Gasteiger partial charge in [0, 0.05) is 41.1 Å². The number of aromatic amines is 2. The summed E-state index contributed by atoms with van der Waals surface area (Å²) in [5, 5.41) is 11.8. The van der Waals surface area contributed by atoms with Crippen molar-refractivity contribution in [1.82, 2.24) is 30.1 Å². The molecule has 5 N–H and O–H groups in total. The van der Waals surface area contributed by atoms with Gasteiger partial charge in [-0.2, -0.15) is 10.1 Å². The first-order valence-corrected chi connectivity index (χ1v) is 9.06. The van der Waals surface area contributed by atoms with Gasteiger partial charge in [0.25, 0.3) is 0 Å². The summed E-state index contributed by atoms with van der Waals surface area (Å²) in [4.78, 5) is 16.5. The third-order valence-electron chi connectivity index (χ3n) is 4.97. The largest absolute Gasteiger partial charge is 0.383 e. The van der Waals surface area contributed by atoms with Gasteiger partial charge in [0.1, 0.15) is 5.82 Å². The molecule has 1 saturated carbocycles. The summed E-state index contributed by atoms with van der Waals surface area (Å²) in [6, 6.07) is 5.94. The molecule has 0 aromatic carbocycles. The van der Waals surface area contributed by atoms with Crippen LogP contribution < -0.4 is 11.1 Å². The van der Waals surface area contributed by atoms with E-state index >= 15 is 0 Å². The minimum Gasteiger partial charge on any atom is -0.383 e. The van der Waals surface area contributed by atoms with Crippen LogP contribution in [0.15, 0.2) is 36.8 Å². The molecule has 1 unspecified atom stereocenters. The fourth-order valence-corrected chi connectivity index (χ4v) is 3.35. The molecule has 136 valence electrons. The van der Waals surface area contributed by atoms with Crippen molar-refractivity contribution in [3.8, 4) is 11.3 Å². The van der Waals surface area contributed by atoms with Crippen molar-refractivity contribution in [2.24, 2.45) is 0 Å². The van der Waals surface area contributed by atoms with Crippen LogP contribution in [-0.2, 0) is 0 Å². The minimum atomic E-state index is -0.0680. The Labute approximate surface area is 155 Å². The molecule has 8 nitrogen and oxygen atoms in total. The van der Waals surface area contributed by atoms with E-state index in [1.165, 1.54) is 12.8 Å². The molecule has 0 saturated heterocycles. The van der Waals surface area contributed by atoms with E-state index in [1.807, 2.05) is 31.3 Å². The quantitative estimate of drug-likeness (QED) is 0.433. The van der Waals surface area contributed by atoms with Crippen molar-refractivity contribution < 1.29 is 0 Å². The zero-order chi connectivity index (χ0) is 18.4. The zero-order valence-electron chi connectivity index (χ0n) is 14.9. The number of nitrogens with one attached hydrogen (secondary N) is 3. The topological polar surface area (TPSA) is 121 Å². The molecule has 1 atom stereocenters. The molecular weight excluding hydrogens is 340 g/mol. The van der Waals surface area contributed by atoms with Crippen molar-refractivity contribution in [2.75, 3.05) is 11.1 Å². The third kappa shape index (κ3) is 2.88. The molecule has 4 heterocycles. The summed E-state index contributed by atoms with van der Waals surface area (Å²) in [7, 11) is 0. The van der Waals surface area contributed by atoms with Gasteiger partial charge in [-0.1, -0.05) is 0 Å². The van der Waals surface area contributed by atoms with E-state index in [1.54, 1.807) is 12.4 Å². The lowest BCUT2D eigenvalue weighted by atomic mass is 10.1. The number of hydrogen-bond acceptors (Lipinski definition) is 6. The number of hydrogen-bond donors (Lipinski definition) is 4. The second-order valence-electron chi connectivity index (χ2n) is 6.98. The van der Waals surface area contributed by atoms with E-state index in [0.29, 0.717) is 17.7 Å². The molecule has 27 heavy (non-hydrogen) atoms. The highest BCUT2D eigenvalue weighted by atomic mass is 15.2. The molecule has 0 radical (unpaired) electrons. The summed E-state index contributed by atoms with van der Waals surface area (Å²) in [6.45, 7) is 2.03. The molecule has 1 fully saturated rings. The highest BCUT2D eigenvalue weighted by Gasteiger charge is 2.26. The highest BCUT2D eigenvalue weighted by molar-refractivity contribution is 5.82. The molecule has 0 spiro atoms. The van der Waals surface area contributed by atoms with Crippen LogP contribution in [-0.4, -0.2) is 30.1 Å². The van der Waals surface area contributed by atoms with Crippen molar-refractivity contribution >= 4 is 22.7 Å². The van der Waals surface area contributed by atoms with Gasteiger partial charge >= 0.3 is 0 Å². The predicted octanol–water partition coefficient (Wildman–Crippen LogP) is 3.38. The van der Waals surface area contributed by atoms with Gasteiger partial charge in [-0.15, -0.1) is 0 Å². The van der Waals surface area contributed by atoms with Crippen LogP contribution in [0.3, 0.4) is 0 Å². The Morgan fingerprint density at radius 1 is 1.26 bits per heavy atom. The van der Waals surface area contributed by atoms with Gasteiger partial charge in [-0.25, -0.2) is 4.98 Å². The highest BCUT2D eigenvalue weighted by Crippen LogP contribution is 2.40. The predicted molar refractivity (Wildman–Crippen MR) is 104 cm³/mol. The first kappa shape index (κ1) is 15.8. The van der Waals surface area contributed by atoms with Crippen LogP contribution in [0, 0.1) is 0 Å². The molecule has 1 aliphatic rings. The first-order valence-electron chi connectivity index (χ1n) is 9.06. The SMILES string of the molecule is CC(Nc1ncc(-c2cc(C3CC3)[nH]n2)c(N)n1)c1nccc2[nH]ccc12. The number of anilines is 2. The van der Waals surface area contributed by atoms with Gasteiger partial charge in [-0.05, 0) is 38.0 Å². The maximum Gasteiger partial charge on any atom is 0.225 e. The molecule has 0 bridgehead atoms. The van der Waals surface area contributed by atoms with Crippen LogP contribution in [0.5, 0.6) is 0 Å². The lowest BCUT2D eigenvalue weighted by Crippen LogP contribution is -2.12. The normalized spacial score (nSPS) is 15.1. The van der Waals surface area contributed by atoms with E-state index < -0.39 is 0 Å². The number of pyridine rings is 1. The Kier molecular flexibility index (Phi) is 3.56. The summed E-state index contributed by atoms with van der Waals surface area (Å²) in [5.74, 6) is 1.48. The van der Waals surface area contributed by atoms with Crippen molar-refractivity contribution in [3.05, 3.63) is 48.2 Å². The van der Waals surface area contributed by atoms with Crippen LogP contribution in [0.2, 0.25) is 0 Å². The average molecular weight is 360 g/mol. The van der Waals surface area contributed by atoms with Crippen LogP contribution in [0.25, 0.3) is 22.2 Å². The molecule has 5 rings (SSSR count). The van der Waals surface area contributed by atoms with Gasteiger partial charge < -0.3 is 16.0 Å². The number of aromatic nitrogens is 6. The minimum absolute atomic E-state index is 0.0680. The average Bonchev–Trinajstić information content (AvgIpc) is 3.20. The third-order valence-corrected chi connectivity index (χ3v) is 4.97. The maximum atomic E-state index is 6.18. The zero-order valence-corrected chi connectivity index (χ0v) is 14.9. The number of rotatable bonds is 5. The molecule has 4 aromatic heterocycles. The van der Waals surface area contributed by atoms with E-state index in [-0.39, 0.29) is 6.04 Å². The van der Waals surface area contributed by atoms with E-state index in [4.69, 9.17) is 5.73 Å². The molecule has 0 amide bonds. The molecule has 8 heteroatoms. The molecular formula is C19H20N8. The van der Waals surface area contributed by atoms with Crippen molar-refractivity contribution in [2.45, 2.75) is 31.7 Å². The number of nitrogens with two attached hydrogens (primary N) is 1. The second-order valence-corrected chi connectivity index (χ2v) is 6.98. The lowest BCUT2D eigenvalue weighted by molar-refractivity contribution is 0.833. The fourth-order valence-electron chi connectivity index (χ4n) is 3.35. The molecule has 1 aliphatic carbocycles. The molecule has 0 aliphatic heterocycles. The molecule has 4 aromatic rings. The fraction of sp³-hybridized carbons (Fsp3) is 0.263. The Balaban J connectivity index is 1.39. The van der Waals surface area contributed by atoms with Crippen LogP contribution in [0.1, 0.15) is 43.1 Å². The lowest BCUT2D eigenvalue weighted by Gasteiger charge is -2.15. The van der Waals surface area contributed by atoms with E-state index in [2.05, 4.69) is 35.5 Å². The number of nitrogens with zero attached hydrogens (tertiary/aromatic N) is 4. The smallest absolute Gasteiger partial charge is 0.225 e. The van der Waals surface area contributed by atoms with Gasteiger partial charge in [0.05, 0.1) is 23.0 Å². The Morgan fingerprint density at radius 2 is 2.15 bits per heavy atom. The van der Waals surface area contributed by atoms with Gasteiger partial charge in [-0.3, -0.25) is 10.1 Å². The number of nitrogen functional groups attached to an aromatic ring is 1. The number of fused-ring (bicyclic) bond motifs is 1. The summed E-state index contributed by atoms with van der Waals surface area (Å²) in [5.41, 5.74) is 10.8. The monoisotopic (exact) mass is 360 g/mol. The van der Waals surface area contributed by atoms with Crippen molar-refractivity contribution in [1.29, 1.82) is 0 Å². The van der Waals surface area contributed by atoms with Crippen LogP contribution in [0.4, 0.5) is 11.8 Å².